The molecule has 42 heavy (non-hydrogen) atoms. The van der Waals surface area contributed by atoms with Gasteiger partial charge in [-0.3, -0.25) is 0 Å². The van der Waals surface area contributed by atoms with Gasteiger partial charge in [0, 0.05) is 27.8 Å². The van der Waals surface area contributed by atoms with E-state index >= 15 is 0 Å². The van der Waals surface area contributed by atoms with Gasteiger partial charge < -0.3 is 30.9 Å². The summed E-state index contributed by atoms with van der Waals surface area (Å²) in [6.07, 6.45) is 4.56. The number of hydrogen-bond acceptors (Lipinski definition) is 4. The summed E-state index contributed by atoms with van der Waals surface area (Å²) in [5.74, 6) is 0. The Hall–Kier alpha value is -3.42. The highest BCUT2D eigenvalue weighted by Gasteiger charge is 2.45. The highest BCUT2D eigenvalue weighted by Crippen LogP contribution is 2.46. The van der Waals surface area contributed by atoms with Gasteiger partial charge in [-0.05, 0) is 60.9 Å². The Morgan fingerprint density at radius 3 is 1.67 bits per heavy atom. The van der Waals surface area contributed by atoms with Crippen LogP contribution in [0.15, 0.2) is 78.9 Å². The Morgan fingerprint density at radius 1 is 0.667 bits per heavy atom. The summed E-state index contributed by atoms with van der Waals surface area (Å²) in [6.45, 7) is 7.92. The lowest BCUT2D eigenvalue weighted by Gasteiger charge is -2.41. The Labute approximate surface area is 248 Å². The van der Waals surface area contributed by atoms with Crippen LogP contribution in [0, 0.1) is 0 Å². The first-order valence-corrected chi connectivity index (χ1v) is 15.5. The van der Waals surface area contributed by atoms with Crippen molar-refractivity contribution in [3.63, 3.8) is 0 Å². The molecule has 6 heteroatoms. The Morgan fingerprint density at radius 2 is 1.14 bits per heavy atom. The summed E-state index contributed by atoms with van der Waals surface area (Å²) >= 11 is 0. The third-order valence-corrected chi connectivity index (χ3v) is 9.65. The van der Waals surface area contributed by atoms with Crippen LogP contribution in [0.3, 0.4) is 0 Å². The van der Waals surface area contributed by atoms with Crippen molar-refractivity contribution in [2.75, 3.05) is 13.2 Å². The molecular formula is C36H44N4O2. The van der Waals surface area contributed by atoms with Crippen LogP contribution in [-0.2, 0) is 33.5 Å². The number of ether oxygens (including phenoxy) is 2. The van der Waals surface area contributed by atoms with Gasteiger partial charge in [-0.15, -0.1) is 0 Å². The zero-order valence-electron chi connectivity index (χ0n) is 25.1. The number of para-hydroxylation sites is 2. The molecule has 0 bridgehead atoms. The van der Waals surface area contributed by atoms with E-state index in [2.05, 4.69) is 91.4 Å². The molecule has 2 aromatic heterocycles. The van der Waals surface area contributed by atoms with E-state index in [1.165, 1.54) is 38.6 Å². The molecule has 0 fully saturated rings. The number of nitrogens with one attached hydrogen (secondary N) is 2. The van der Waals surface area contributed by atoms with E-state index in [0.717, 1.165) is 50.0 Å². The molecule has 2 aliphatic heterocycles. The number of H-pyrrole nitrogens is 2. The molecule has 220 valence electrons. The lowest BCUT2D eigenvalue weighted by Crippen LogP contribution is -2.49. The lowest BCUT2D eigenvalue weighted by atomic mass is 9.80. The zero-order chi connectivity index (χ0) is 29.3. The first-order valence-electron chi connectivity index (χ1n) is 15.5. The maximum atomic E-state index is 6.71. The summed E-state index contributed by atoms with van der Waals surface area (Å²) in [6, 6.07) is 27.1. The van der Waals surface area contributed by atoms with Crippen molar-refractivity contribution in [2.45, 2.75) is 76.2 Å². The monoisotopic (exact) mass is 564 g/mol. The summed E-state index contributed by atoms with van der Waals surface area (Å²) in [7, 11) is 0. The zero-order valence-corrected chi connectivity index (χ0v) is 25.1. The van der Waals surface area contributed by atoms with Crippen LogP contribution in [-0.4, -0.2) is 29.2 Å². The maximum absolute atomic E-state index is 6.71. The van der Waals surface area contributed by atoms with Crippen LogP contribution < -0.4 is 11.5 Å². The Balaban J connectivity index is 0.000000153. The molecule has 0 spiro atoms. The van der Waals surface area contributed by atoms with Gasteiger partial charge in [-0.1, -0.05) is 87.5 Å². The minimum absolute atomic E-state index is 0.0320. The minimum Gasteiger partial charge on any atom is -0.367 e. The molecule has 6 nitrogen and oxygen atoms in total. The molecule has 0 saturated carbocycles. The van der Waals surface area contributed by atoms with Crippen LogP contribution >= 0.6 is 0 Å². The van der Waals surface area contributed by atoms with E-state index in [4.69, 9.17) is 20.9 Å². The first kappa shape index (κ1) is 28.7. The van der Waals surface area contributed by atoms with Crippen LogP contribution in [0.1, 0.15) is 74.2 Å². The normalized spacial score (nSPS) is 23.1. The van der Waals surface area contributed by atoms with E-state index in [9.17, 15) is 0 Å². The van der Waals surface area contributed by atoms with Gasteiger partial charge in [0.1, 0.15) is 11.2 Å². The highest BCUT2D eigenvalue weighted by molar-refractivity contribution is 5.86. The second-order valence-corrected chi connectivity index (χ2v) is 11.6. The van der Waals surface area contributed by atoms with Crippen LogP contribution in [0.2, 0.25) is 0 Å². The second-order valence-electron chi connectivity index (χ2n) is 11.6. The molecule has 4 heterocycles. The molecule has 5 aromatic rings. The van der Waals surface area contributed by atoms with E-state index in [0.29, 0.717) is 6.61 Å². The van der Waals surface area contributed by atoms with Gasteiger partial charge in [0.15, 0.2) is 0 Å². The third-order valence-electron chi connectivity index (χ3n) is 9.65. The van der Waals surface area contributed by atoms with Crippen LogP contribution in [0.4, 0.5) is 0 Å². The van der Waals surface area contributed by atoms with Gasteiger partial charge in [0.25, 0.3) is 0 Å². The van der Waals surface area contributed by atoms with Crippen molar-refractivity contribution in [3.05, 3.63) is 107 Å². The van der Waals surface area contributed by atoms with Crippen molar-refractivity contribution in [3.8, 4) is 0 Å². The number of fused-ring (bicyclic) bond motifs is 6. The van der Waals surface area contributed by atoms with Gasteiger partial charge in [0.2, 0.25) is 0 Å². The lowest BCUT2D eigenvalue weighted by molar-refractivity contribution is -0.0851. The van der Waals surface area contributed by atoms with Crippen molar-refractivity contribution in [2.24, 2.45) is 11.5 Å². The Kier molecular flexibility index (Phi) is 7.99. The molecule has 0 saturated heterocycles. The molecule has 2 aliphatic rings. The van der Waals surface area contributed by atoms with E-state index in [1.807, 2.05) is 18.2 Å². The fourth-order valence-corrected chi connectivity index (χ4v) is 7.29. The fraction of sp³-hybridized carbons (Fsp3) is 0.389. The number of rotatable bonds is 6. The van der Waals surface area contributed by atoms with Crippen molar-refractivity contribution in [1.82, 2.24) is 9.97 Å². The number of hydrogen-bond donors (Lipinski definition) is 4. The smallest absolute Gasteiger partial charge is 0.127 e. The molecule has 4 unspecified atom stereocenters. The first-order chi connectivity index (χ1) is 20.5. The average Bonchev–Trinajstić information content (AvgIpc) is 3.64. The largest absolute Gasteiger partial charge is 0.367 e. The number of benzene rings is 3. The quantitative estimate of drug-likeness (QED) is 0.176. The molecule has 3 aromatic carbocycles. The molecule has 6 N–H and O–H groups in total. The summed E-state index contributed by atoms with van der Waals surface area (Å²) < 4.78 is 12.5. The van der Waals surface area contributed by atoms with Crippen molar-refractivity contribution in [1.29, 1.82) is 0 Å². The molecule has 4 atom stereocenters. The minimum atomic E-state index is -0.492. The SMILES string of the molecule is CCC(N)C1(CC)OCCc2c1[nH]c1ccccc21.CCC1(C(N)c2ccccc2)OCCc2c1[nH]c1ccccc21. The molecular weight excluding hydrogens is 520 g/mol. The third kappa shape index (κ3) is 4.58. The van der Waals surface area contributed by atoms with E-state index in [-0.39, 0.29) is 17.7 Å². The van der Waals surface area contributed by atoms with Crippen LogP contribution in [0.5, 0.6) is 0 Å². The summed E-state index contributed by atoms with van der Waals surface area (Å²) in [5.41, 5.74) is 20.8. The van der Waals surface area contributed by atoms with Gasteiger partial charge in [0.05, 0.1) is 30.6 Å². The van der Waals surface area contributed by atoms with Crippen molar-refractivity contribution < 1.29 is 9.47 Å². The molecule has 7 rings (SSSR count). The topological polar surface area (TPSA) is 102 Å². The standard InChI is InChI=1S/C20H22N2O.C16H22N2O/c1-2-20(18(21)14-8-4-3-5-9-14)19-16(12-13-23-20)15-10-6-7-11-17(15)22-19;1-3-14(17)16(4-2)15-12(9-10-19-16)11-7-5-6-8-13(11)18-15/h3-11,18,22H,2,12-13,21H2,1H3;5-8,14,18H,3-4,9-10,17H2,1-2H3. The fourth-order valence-electron chi connectivity index (χ4n) is 7.29. The van der Waals surface area contributed by atoms with Gasteiger partial charge in [-0.2, -0.15) is 0 Å². The Bertz CT molecular complexity index is 1660. The van der Waals surface area contributed by atoms with Crippen molar-refractivity contribution >= 4 is 21.8 Å². The van der Waals surface area contributed by atoms with E-state index < -0.39 is 5.60 Å². The number of aromatic nitrogens is 2. The molecule has 0 radical (unpaired) electrons. The molecule has 0 aliphatic carbocycles. The predicted octanol–water partition coefficient (Wildman–Crippen LogP) is 7.13. The number of aromatic amines is 2. The predicted molar refractivity (Wildman–Crippen MR) is 171 cm³/mol. The van der Waals surface area contributed by atoms with E-state index in [1.54, 1.807) is 0 Å². The average molecular weight is 565 g/mol. The highest BCUT2D eigenvalue weighted by atomic mass is 16.5. The van der Waals surface area contributed by atoms with Crippen LogP contribution in [0.25, 0.3) is 21.8 Å². The number of nitrogens with two attached hydrogens (primary N) is 2. The summed E-state index contributed by atoms with van der Waals surface area (Å²) in [5, 5.41) is 2.62. The maximum Gasteiger partial charge on any atom is 0.127 e. The second kappa shape index (κ2) is 11.7. The summed E-state index contributed by atoms with van der Waals surface area (Å²) in [4.78, 5) is 7.17. The molecule has 0 amide bonds. The van der Waals surface area contributed by atoms with Gasteiger partial charge in [-0.25, -0.2) is 0 Å². The van der Waals surface area contributed by atoms with Gasteiger partial charge >= 0.3 is 0 Å².